The molecule has 0 aliphatic rings. The van der Waals surface area contributed by atoms with Crippen LogP contribution in [-0.2, 0) is 6.54 Å². The first-order valence-corrected chi connectivity index (χ1v) is 6.24. The zero-order valence-corrected chi connectivity index (χ0v) is 8.30. The van der Waals surface area contributed by atoms with E-state index in [0.29, 0.717) is 13.0 Å². The SMILES string of the molecule is O[Si](O)(O)CCC[n+]1ccccc1. The van der Waals surface area contributed by atoms with Gasteiger partial charge in [-0.3, -0.25) is 0 Å². The van der Waals surface area contributed by atoms with Crippen LogP contribution in [0, 0.1) is 0 Å². The standard InChI is InChI=1S/C8H14NO3Si/c10-13(11,12)8-4-7-9-5-2-1-3-6-9/h1-3,5-6,10-12H,4,7-8H2/q+1. The molecule has 0 aromatic carbocycles. The molecule has 0 saturated heterocycles. The molecule has 0 spiro atoms. The van der Waals surface area contributed by atoms with Crippen LogP contribution in [0.4, 0.5) is 0 Å². The van der Waals surface area contributed by atoms with Crippen molar-refractivity contribution in [3.63, 3.8) is 0 Å². The Bertz CT molecular complexity index is 247. The molecule has 1 aromatic rings. The summed E-state index contributed by atoms with van der Waals surface area (Å²) < 4.78 is 1.93. The molecule has 1 heterocycles. The number of aryl methyl sites for hydroxylation is 1. The van der Waals surface area contributed by atoms with Gasteiger partial charge in [-0.2, -0.15) is 0 Å². The molecule has 0 bridgehead atoms. The zero-order chi connectivity index (χ0) is 9.73. The molecular formula is C8H14NO3Si+. The highest BCUT2D eigenvalue weighted by atomic mass is 28.4. The van der Waals surface area contributed by atoms with Gasteiger partial charge in [0.15, 0.2) is 12.4 Å². The van der Waals surface area contributed by atoms with Crippen molar-refractivity contribution < 1.29 is 19.0 Å². The molecule has 0 atom stereocenters. The van der Waals surface area contributed by atoms with Crippen LogP contribution in [0.3, 0.4) is 0 Å². The molecule has 5 heteroatoms. The first-order valence-electron chi connectivity index (χ1n) is 4.19. The lowest BCUT2D eigenvalue weighted by atomic mass is 10.4. The van der Waals surface area contributed by atoms with Gasteiger partial charge in [0.2, 0.25) is 0 Å². The monoisotopic (exact) mass is 200 g/mol. The van der Waals surface area contributed by atoms with Gasteiger partial charge in [0, 0.05) is 24.6 Å². The van der Waals surface area contributed by atoms with Gasteiger partial charge >= 0.3 is 8.80 Å². The van der Waals surface area contributed by atoms with Crippen LogP contribution in [0.25, 0.3) is 0 Å². The van der Waals surface area contributed by atoms with Crippen molar-refractivity contribution in [1.29, 1.82) is 0 Å². The minimum absolute atomic E-state index is 0.0922. The molecule has 0 amide bonds. The van der Waals surface area contributed by atoms with E-state index >= 15 is 0 Å². The van der Waals surface area contributed by atoms with E-state index in [1.54, 1.807) is 0 Å². The van der Waals surface area contributed by atoms with Gasteiger partial charge in [-0.1, -0.05) is 6.07 Å². The maximum atomic E-state index is 8.74. The van der Waals surface area contributed by atoms with Crippen LogP contribution < -0.4 is 4.57 Å². The van der Waals surface area contributed by atoms with E-state index < -0.39 is 8.80 Å². The maximum Gasteiger partial charge on any atom is 0.492 e. The molecule has 13 heavy (non-hydrogen) atoms. The fourth-order valence-corrected chi connectivity index (χ4v) is 1.71. The number of hydrogen-bond acceptors (Lipinski definition) is 3. The summed E-state index contributed by atoms with van der Waals surface area (Å²) in [5.74, 6) is 0. The minimum atomic E-state index is -3.82. The zero-order valence-electron chi connectivity index (χ0n) is 7.30. The topological polar surface area (TPSA) is 64.6 Å². The number of pyridine rings is 1. The van der Waals surface area contributed by atoms with Gasteiger partial charge in [-0.05, 0) is 0 Å². The van der Waals surface area contributed by atoms with Crippen molar-refractivity contribution >= 4 is 8.80 Å². The summed E-state index contributed by atoms with van der Waals surface area (Å²) in [6.45, 7) is 0.692. The van der Waals surface area contributed by atoms with E-state index in [9.17, 15) is 0 Å². The molecule has 1 rings (SSSR count). The van der Waals surface area contributed by atoms with Gasteiger partial charge in [0.25, 0.3) is 0 Å². The number of aromatic nitrogens is 1. The summed E-state index contributed by atoms with van der Waals surface area (Å²) in [6.07, 6.45) is 4.37. The molecular weight excluding hydrogens is 186 g/mol. The molecule has 0 saturated carbocycles. The smallest absolute Gasteiger partial charge is 0.390 e. The van der Waals surface area contributed by atoms with E-state index in [4.69, 9.17) is 14.4 Å². The summed E-state index contributed by atoms with van der Waals surface area (Å²) >= 11 is 0. The molecule has 4 nitrogen and oxygen atoms in total. The van der Waals surface area contributed by atoms with Crippen LogP contribution in [0.15, 0.2) is 30.6 Å². The third-order valence-electron chi connectivity index (χ3n) is 1.71. The van der Waals surface area contributed by atoms with Crippen LogP contribution in [-0.4, -0.2) is 23.2 Å². The molecule has 0 aliphatic heterocycles. The van der Waals surface area contributed by atoms with Crippen molar-refractivity contribution in [2.75, 3.05) is 0 Å². The van der Waals surface area contributed by atoms with Crippen LogP contribution in [0.2, 0.25) is 6.04 Å². The van der Waals surface area contributed by atoms with Crippen LogP contribution in [0.5, 0.6) is 0 Å². The Morgan fingerprint density at radius 2 is 1.62 bits per heavy atom. The quantitative estimate of drug-likeness (QED) is 0.444. The molecule has 3 N–H and O–H groups in total. The van der Waals surface area contributed by atoms with E-state index in [1.807, 2.05) is 35.2 Å². The van der Waals surface area contributed by atoms with E-state index in [-0.39, 0.29) is 6.04 Å². The highest BCUT2D eigenvalue weighted by Gasteiger charge is 2.26. The lowest BCUT2D eigenvalue weighted by Crippen LogP contribution is -2.37. The minimum Gasteiger partial charge on any atom is -0.390 e. The Labute approximate surface area is 78.1 Å². The fraction of sp³-hybridized carbons (Fsp3) is 0.375. The predicted molar refractivity (Wildman–Crippen MR) is 48.5 cm³/mol. The largest absolute Gasteiger partial charge is 0.492 e. The van der Waals surface area contributed by atoms with Gasteiger partial charge in [-0.25, -0.2) is 4.57 Å². The third-order valence-corrected chi connectivity index (χ3v) is 2.73. The highest BCUT2D eigenvalue weighted by Crippen LogP contribution is 2.00. The molecule has 0 unspecified atom stereocenters. The predicted octanol–water partition coefficient (Wildman–Crippen LogP) is -0.720. The summed E-state index contributed by atoms with van der Waals surface area (Å²) in [6, 6.07) is 5.82. The fourth-order valence-electron chi connectivity index (χ4n) is 1.08. The Morgan fingerprint density at radius 1 is 1.00 bits per heavy atom. The Morgan fingerprint density at radius 3 is 2.15 bits per heavy atom. The normalized spacial score (nSPS) is 11.6. The number of nitrogens with zero attached hydrogens (tertiary/aromatic N) is 1. The molecule has 72 valence electrons. The average Bonchev–Trinajstić information content (AvgIpc) is 2.04. The number of rotatable bonds is 4. The molecule has 0 aliphatic carbocycles. The number of hydrogen-bond donors (Lipinski definition) is 3. The van der Waals surface area contributed by atoms with Crippen molar-refractivity contribution in [3.05, 3.63) is 30.6 Å². The average molecular weight is 200 g/mol. The summed E-state index contributed by atoms with van der Waals surface area (Å²) in [7, 11) is -3.82. The highest BCUT2D eigenvalue weighted by molar-refractivity contribution is 6.56. The van der Waals surface area contributed by atoms with Crippen molar-refractivity contribution in [2.45, 2.75) is 19.0 Å². The lowest BCUT2D eigenvalue weighted by Gasteiger charge is -2.06. The second-order valence-corrected chi connectivity index (χ2v) is 5.04. The van der Waals surface area contributed by atoms with Crippen molar-refractivity contribution in [1.82, 2.24) is 0 Å². The first-order chi connectivity index (χ1) is 6.08. The van der Waals surface area contributed by atoms with Gasteiger partial charge < -0.3 is 14.4 Å². The molecule has 0 radical (unpaired) electrons. The van der Waals surface area contributed by atoms with Gasteiger partial charge in [0.05, 0.1) is 0 Å². The van der Waals surface area contributed by atoms with E-state index in [0.717, 1.165) is 0 Å². The van der Waals surface area contributed by atoms with Crippen LogP contribution >= 0.6 is 0 Å². The summed E-state index contributed by atoms with van der Waals surface area (Å²) in [4.78, 5) is 26.2. The van der Waals surface area contributed by atoms with E-state index in [1.165, 1.54) is 0 Å². The first kappa shape index (κ1) is 10.3. The summed E-state index contributed by atoms with van der Waals surface area (Å²) in [5.41, 5.74) is 0. The second-order valence-electron chi connectivity index (χ2n) is 2.99. The van der Waals surface area contributed by atoms with Crippen molar-refractivity contribution in [3.8, 4) is 0 Å². The van der Waals surface area contributed by atoms with Gasteiger partial charge in [0.1, 0.15) is 6.54 Å². The summed E-state index contributed by atoms with van der Waals surface area (Å²) in [5, 5.41) is 0. The molecule has 0 fully saturated rings. The third kappa shape index (κ3) is 4.74. The second kappa shape index (κ2) is 4.47. The Kier molecular flexibility index (Phi) is 3.55. The maximum absolute atomic E-state index is 8.74. The molecule has 1 aromatic heterocycles. The lowest BCUT2D eigenvalue weighted by molar-refractivity contribution is -0.697. The Balaban J connectivity index is 2.29. The van der Waals surface area contributed by atoms with E-state index in [2.05, 4.69) is 0 Å². The Hall–Kier alpha value is -0.753. The van der Waals surface area contributed by atoms with Crippen LogP contribution in [0.1, 0.15) is 6.42 Å². The van der Waals surface area contributed by atoms with Crippen molar-refractivity contribution in [2.24, 2.45) is 0 Å². The van der Waals surface area contributed by atoms with Gasteiger partial charge in [-0.15, -0.1) is 0 Å².